The zero-order valence-electron chi connectivity index (χ0n) is 14.2. The summed E-state index contributed by atoms with van der Waals surface area (Å²) in [4.78, 5) is 2.75. The Kier molecular flexibility index (Phi) is 5.83. The van der Waals surface area contributed by atoms with E-state index in [9.17, 15) is 0 Å². The van der Waals surface area contributed by atoms with Gasteiger partial charge < -0.3 is 5.32 Å². The minimum Gasteiger partial charge on any atom is -0.310 e. The maximum Gasteiger partial charge on any atom is 0.0475 e. The molecule has 2 unspecified atom stereocenters. The van der Waals surface area contributed by atoms with Gasteiger partial charge in [-0.05, 0) is 52.1 Å². The van der Waals surface area contributed by atoms with Gasteiger partial charge >= 0.3 is 0 Å². The fourth-order valence-corrected chi connectivity index (χ4v) is 3.38. The summed E-state index contributed by atoms with van der Waals surface area (Å²) in [6, 6.07) is 12.3. The molecule has 0 aliphatic carbocycles. The van der Waals surface area contributed by atoms with Crippen LogP contribution < -0.4 is 5.32 Å². The standard InChI is InChI=1S/C19H32N2/c1-5-17-13-9-10-14-21(17)18(15-20-19(2,3)4)16-11-7-6-8-12-16/h6-8,11-12,17-18,20H,5,9-10,13-15H2,1-4H3. The van der Waals surface area contributed by atoms with Crippen molar-refractivity contribution >= 4 is 0 Å². The van der Waals surface area contributed by atoms with E-state index in [2.05, 4.69) is 68.2 Å². The molecular formula is C19H32N2. The van der Waals surface area contributed by atoms with Crippen LogP contribution in [0.5, 0.6) is 0 Å². The van der Waals surface area contributed by atoms with Crippen molar-refractivity contribution in [1.82, 2.24) is 10.2 Å². The highest BCUT2D eigenvalue weighted by Gasteiger charge is 2.29. The average molecular weight is 288 g/mol. The average Bonchev–Trinajstić information content (AvgIpc) is 2.48. The highest BCUT2D eigenvalue weighted by atomic mass is 15.2. The second-order valence-electron chi connectivity index (χ2n) is 7.35. The molecule has 2 nitrogen and oxygen atoms in total. The number of likely N-dealkylation sites (tertiary alicyclic amines) is 1. The summed E-state index contributed by atoms with van der Waals surface area (Å²) in [5.41, 5.74) is 1.62. The lowest BCUT2D eigenvalue weighted by Crippen LogP contribution is -2.48. The first-order valence-corrected chi connectivity index (χ1v) is 8.57. The molecule has 1 aliphatic heterocycles. The first-order chi connectivity index (χ1) is 10.0. The Bertz CT molecular complexity index is 407. The summed E-state index contributed by atoms with van der Waals surface area (Å²) in [6.45, 7) is 11.4. The normalized spacial score (nSPS) is 22.2. The highest BCUT2D eigenvalue weighted by molar-refractivity contribution is 5.20. The topological polar surface area (TPSA) is 15.3 Å². The van der Waals surface area contributed by atoms with Gasteiger partial charge in [0, 0.05) is 24.2 Å². The van der Waals surface area contributed by atoms with Crippen LogP contribution in [0.4, 0.5) is 0 Å². The van der Waals surface area contributed by atoms with Gasteiger partial charge in [0.1, 0.15) is 0 Å². The molecule has 0 spiro atoms. The smallest absolute Gasteiger partial charge is 0.0475 e. The van der Waals surface area contributed by atoms with Crippen LogP contribution in [0.15, 0.2) is 30.3 Å². The third kappa shape index (κ3) is 4.82. The van der Waals surface area contributed by atoms with Crippen LogP contribution in [0.25, 0.3) is 0 Å². The van der Waals surface area contributed by atoms with E-state index in [1.807, 2.05) is 0 Å². The first-order valence-electron chi connectivity index (χ1n) is 8.57. The van der Waals surface area contributed by atoms with E-state index >= 15 is 0 Å². The molecule has 1 aromatic carbocycles. The number of hydrogen-bond donors (Lipinski definition) is 1. The zero-order valence-corrected chi connectivity index (χ0v) is 14.2. The largest absolute Gasteiger partial charge is 0.310 e. The summed E-state index contributed by atoms with van der Waals surface area (Å²) in [5.74, 6) is 0. The van der Waals surface area contributed by atoms with Crippen molar-refractivity contribution in [2.24, 2.45) is 0 Å². The van der Waals surface area contributed by atoms with Gasteiger partial charge in [-0.25, -0.2) is 0 Å². The molecule has 118 valence electrons. The minimum absolute atomic E-state index is 0.171. The molecule has 0 radical (unpaired) electrons. The number of benzene rings is 1. The van der Waals surface area contributed by atoms with Crippen molar-refractivity contribution in [3.05, 3.63) is 35.9 Å². The number of nitrogens with one attached hydrogen (secondary N) is 1. The molecule has 1 heterocycles. The SMILES string of the molecule is CCC1CCCCN1C(CNC(C)(C)C)c1ccccc1. The molecule has 0 bridgehead atoms. The highest BCUT2D eigenvalue weighted by Crippen LogP contribution is 2.30. The molecule has 21 heavy (non-hydrogen) atoms. The quantitative estimate of drug-likeness (QED) is 0.865. The van der Waals surface area contributed by atoms with Crippen LogP contribution in [-0.4, -0.2) is 29.6 Å². The zero-order chi connectivity index (χ0) is 15.3. The summed E-state index contributed by atoms with van der Waals surface area (Å²) in [6.07, 6.45) is 5.35. The Morgan fingerprint density at radius 3 is 2.52 bits per heavy atom. The Morgan fingerprint density at radius 2 is 1.90 bits per heavy atom. The van der Waals surface area contributed by atoms with E-state index in [-0.39, 0.29) is 5.54 Å². The molecule has 1 N–H and O–H groups in total. The number of hydrogen-bond acceptors (Lipinski definition) is 2. The van der Waals surface area contributed by atoms with E-state index in [1.165, 1.54) is 37.8 Å². The Balaban J connectivity index is 2.18. The van der Waals surface area contributed by atoms with Crippen molar-refractivity contribution in [3.63, 3.8) is 0 Å². The molecule has 2 heteroatoms. The number of nitrogens with zero attached hydrogens (tertiary/aromatic N) is 1. The molecule has 2 atom stereocenters. The van der Waals surface area contributed by atoms with Gasteiger partial charge in [0.15, 0.2) is 0 Å². The molecule has 2 rings (SSSR count). The molecule has 1 aliphatic rings. The lowest BCUT2D eigenvalue weighted by atomic mass is 9.94. The number of rotatable bonds is 5. The van der Waals surface area contributed by atoms with Gasteiger partial charge in [0.05, 0.1) is 0 Å². The van der Waals surface area contributed by atoms with Crippen molar-refractivity contribution in [2.75, 3.05) is 13.1 Å². The van der Waals surface area contributed by atoms with Crippen LogP contribution in [0, 0.1) is 0 Å². The fraction of sp³-hybridized carbons (Fsp3) is 0.684. The van der Waals surface area contributed by atoms with Gasteiger partial charge in [0.25, 0.3) is 0 Å². The fourth-order valence-electron chi connectivity index (χ4n) is 3.38. The van der Waals surface area contributed by atoms with Crippen LogP contribution in [0.1, 0.15) is 65.0 Å². The lowest BCUT2D eigenvalue weighted by molar-refractivity contribution is 0.0865. The van der Waals surface area contributed by atoms with Gasteiger partial charge in [-0.3, -0.25) is 4.90 Å². The van der Waals surface area contributed by atoms with Crippen LogP contribution in [0.2, 0.25) is 0 Å². The van der Waals surface area contributed by atoms with Crippen LogP contribution in [0.3, 0.4) is 0 Å². The van der Waals surface area contributed by atoms with E-state index in [0.717, 1.165) is 12.6 Å². The molecule has 1 aromatic rings. The van der Waals surface area contributed by atoms with E-state index in [0.29, 0.717) is 6.04 Å². The number of piperidine rings is 1. The minimum atomic E-state index is 0.171. The second-order valence-corrected chi connectivity index (χ2v) is 7.35. The molecule has 0 saturated carbocycles. The monoisotopic (exact) mass is 288 g/mol. The Hall–Kier alpha value is -0.860. The summed E-state index contributed by atoms with van der Waals surface area (Å²) >= 11 is 0. The van der Waals surface area contributed by atoms with Crippen LogP contribution in [-0.2, 0) is 0 Å². The third-order valence-corrected chi connectivity index (χ3v) is 4.55. The Labute approximate surface area is 130 Å². The van der Waals surface area contributed by atoms with Gasteiger partial charge in [-0.2, -0.15) is 0 Å². The molecule has 0 amide bonds. The summed E-state index contributed by atoms with van der Waals surface area (Å²) < 4.78 is 0. The van der Waals surface area contributed by atoms with Crippen molar-refractivity contribution in [1.29, 1.82) is 0 Å². The maximum absolute atomic E-state index is 3.72. The van der Waals surface area contributed by atoms with E-state index < -0.39 is 0 Å². The molecule has 1 saturated heterocycles. The maximum atomic E-state index is 3.72. The third-order valence-electron chi connectivity index (χ3n) is 4.55. The predicted octanol–water partition coefficient (Wildman–Crippen LogP) is 4.38. The van der Waals surface area contributed by atoms with Crippen LogP contribution >= 0.6 is 0 Å². The first kappa shape index (κ1) is 16.5. The molecule has 0 aromatic heterocycles. The van der Waals surface area contributed by atoms with Gasteiger partial charge in [-0.1, -0.05) is 43.7 Å². The van der Waals surface area contributed by atoms with Gasteiger partial charge in [-0.15, -0.1) is 0 Å². The molecular weight excluding hydrogens is 256 g/mol. The summed E-state index contributed by atoms with van der Waals surface area (Å²) in [7, 11) is 0. The van der Waals surface area contributed by atoms with Crippen molar-refractivity contribution in [3.8, 4) is 0 Å². The van der Waals surface area contributed by atoms with Crippen molar-refractivity contribution < 1.29 is 0 Å². The Morgan fingerprint density at radius 1 is 1.19 bits per heavy atom. The summed E-state index contributed by atoms with van der Waals surface area (Å²) in [5, 5.41) is 3.72. The van der Waals surface area contributed by atoms with Gasteiger partial charge in [0.2, 0.25) is 0 Å². The predicted molar refractivity (Wildman–Crippen MR) is 91.6 cm³/mol. The van der Waals surface area contributed by atoms with Crippen molar-refractivity contribution in [2.45, 2.75) is 71.0 Å². The lowest BCUT2D eigenvalue weighted by Gasteiger charge is -2.42. The molecule has 1 fully saturated rings. The second kappa shape index (κ2) is 7.42. The van der Waals surface area contributed by atoms with E-state index in [4.69, 9.17) is 0 Å². The van der Waals surface area contributed by atoms with E-state index in [1.54, 1.807) is 0 Å².